The third kappa shape index (κ3) is 5.71. The summed E-state index contributed by atoms with van der Waals surface area (Å²) in [6.45, 7) is 7.57. The summed E-state index contributed by atoms with van der Waals surface area (Å²) >= 11 is 0. The Labute approximate surface area is 75.7 Å². The zero-order chi connectivity index (χ0) is 8.81. The van der Waals surface area contributed by atoms with Gasteiger partial charge in [-0.25, -0.2) is 0 Å². The van der Waals surface area contributed by atoms with Crippen molar-refractivity contribution in [3.8, 4) is 0 Å². The standard InChI is InChI=1S/C8H17O3Si/c1-12(2)11-5-3-4-9-6-8-7-10-8/h8H,3-7H2,1-2H3. The zero-order valence-electron chi connectivity index (χ0n) is 7.84. The number of ether oxygens (including phenoxy) is 2. The Morgan fingerprint density at radius 2 is 2.17 bits per heavy atom. The van der Waals surface area contributed by atoms with Gasteiger partial charge in [0.2, 0.25) is 9.04 Å². The van der Waals surface area contributed by atoms with Gasteiger partial charge in [0.1, 0.15) is 6.10 Å². The van der Waals surface area contributed by atoms with Crippen molar-refractivity contribution in [2.75, 3.05) is 26.4 Å². The fraction of sp³-hybridized carbons (Fsp3) is 1.00. The van der Waals surface area contributed by atoms with Crippen molar-refractivity contribution >= 4 is 9.04 Å². The van der Waals surface area contributed by atoms with E-state index in [0.29, 0.717) is 6.10 Å². The molecule has 71 valence electrons. The molecule has 1 radical (unpaired) electrons. The molecule has 0 saturated carbocycles. The lowest BCUT2D eigenvalue weighted by Crippen LogP contribution is -2.11. The second kappa shape index (κ2) is 5.69. The molecule has 1 fully saturated rings. The van der Waals surface area contributed by atoms with E-state index in [1.165, 1.54) is 0 Å². The Morgan fingerprint density at radius 3 is 2.75 bits per heavy atom. The highest BCUT2D eigenvalue weighted by molar-refractivity contribution is 6.48. The lowest BCUT2D eigenvalue weighted by atomic mass is 10.5. The van der Waals surface area contributed by atoms with Crippen LogP contribution in [0.3, 0.4) is 0 Å². The quantitative estimate of drug-likeness (QED) is 0.341. The van der Waals surface area contributed by atoms with E-state index in [-0.39, 0.29) is 0 Å². The molecule has 12 heavy (non-hydrogen) atoms. The van der Waals surface area contributed by atoms with E-state index < -0.39 is 9.04 Å². The second-order valence-electron chi connectivity index (χ2n) is 3.14. The van der Waals surface area contributed by atoms with Crippen LogP contribution in [0.4, 0.5) is 0 Å². The van der Waals surface area contributed by atoms with Crippen LogP contribution in [0.5, 0.6) is 0 Å². The van der Waals surface area contributed by atoms with E-state index in [9.17, 15) is 0 Å². The van der Waals surface area contributed by atoms with Gasteiger partial charge < -0.3 is 13.9 Å². The summed E-state index contributed by atoms with van der Waals surface area (Å²) in [7, 11) is -0.506. The van der Waals surface area contributed by atoms with Crippen LogP contribution in [-0.4, -0.2) is 41.6 Å². The molecule has 1 atom stereocenters. The fourth-order valence-corrected chi connectivity index (χ4v) is 1.37. The molecule has 0 bridgehead atoms. The monoisotopic (exact) mass is 189 g/mol. The summed E-state index contributed by atoms with van der Waals surface area (Å²) in [5.41, 5.74) is 0. The molecule has 0 amide bonds. The minimum Gasteiger partial charge on any atom is -0.417 e. The summed E-state index contributed by atoms with van der Waals surface area (Å²) in [6, 6.07) is 0. The van der Waals surface area contributed by atoms with E-state index in [1.807, 2.05) is 0 Å². The largest absolute Gasteiger partial charge is 0.417 e. The Morgan fingerprint density at radius 1 is 1.42 bits per heavy atom. The Balaban J connectivity index is 1.70. The number of hydrogen-bond donors (Lipinski definition) is 0. The van der Waals surface area contributed by atoms with E-state index in [4.69, 9.17) is 13.9 Å². The molecule has 3 nitrogen and oxygen atoms in total. The van der Waals surface area contributed by atoms with E-state index >= 15 is 0 Å². The zero-order valence-corrected chi connectivity index (χ0v) is 8.84. The minimum atomic E-state index is -0.506. The maximum Gasteiger partial charge on any atom is 0.204 e. The van der Waals surface area contributed by atoms with Crippen LogP contribution < -0.4 is 0 Å². The van der Waals surface area contributed by atoms with Crippen molar-refractivity contribution in [3.63, 3.8) is 0 Å². The van der Waals surface area contributed by atoms with Crippen LogP contribution in [0, 0.1) is 0 Å². The molecule has 1 aliphatic heterocycles. The number of rotatable bonds is 7. The van der Waals surface area contributed by atoms with E-state index in [0.717, 1.165) is 32.8 Å². The van der Waals surface area contributed by atoms with Gasteiger partial charge in [-0.05, 0) is 19.5 Å². The highest BCUT2D eigenvalue weighted by atomic mass is 28.3. The molecule has 0 N–H and O–H groups in total. The molecule has 4 heteroatoms. The van der Waals surface area contributed by atoms with Crippen LogP contribution in [0.1, 0.15) is 6.42 Å². The summed E-state index contributed by atoms with van der Waals surface area (Å²) < 4.78 is 15.8. The molecule has 0 aromatic heterocycles. The molecule has 1 unspecified atom stereocenters. The third-order valence-corrected chi connectivity index (χ3v) is 2.31. The third-order valence-electron chi connectivity index (χ3n) is 1.53. The van der Waals surface area contributed by atoms with Gasteiger partial charge >= 0.3 is 0 Å². The van der Waals surface area contributed by atoms with Gasteiger partial charge in [-0.15, -0.1) is 0 Å². The molecule has 0 aliphatic carbocycles. The van der Waals surface area contributed by atoms with Gasteiger partial charge in [0.05, 0.1) is 13.2 Å². The molecular formula is C8H17O3Si. The Bertz CT molecular complexity index is 109. The summed E-state index contributed by atoms with van der Waals surface area (Å²) in [4.78, 5) is 0. The Kier molecular flexibility index (Phi) is 4.83. The van der Waals surface area contributed by atoms with Gasteiger partial charge in [0.25, 0.3) is 0 Å². The normalized spacial score (nSPS) is 21.8. The average molecular weight is 189 g/mol. The topological polar surface area (TPSA) is 31.0 Å². The van der Waals surface area contributed by atoms with Gasteiger partial charge in [0.15, 0.2) is 0 Å². The average Bonchev–Trinajstić information content (AvgIpc) is 2.79. The molecule has 1 aliphatic rings. The molecule has 0 aromatic rings. The van der Waals surface area contributed by atoms with E-state index in [2.05, 4.69) is 13.1 Å². The SMILES string of the molecule is C[Si](C)OCCCOCC1CO1. The molecule has 0 spiro atoms. The minimum absolute atomic E-state index is 0.392. The number of epoxide rings is 1. The van der Waals surface area contributed by atoms with Crippen LogP contribution >= 0.6 is 0 Å². The molecule has 1 rings (SSSR count). The fourth-order valence-electron chi connectivity index (χ4n) is 0.816. The van der Waals surface area contributed by atoms with Crippen molar-refractivity contribution < 1.29 is 13.9 Å². The molecule has 1 heterocycles. The van der Waals surface area contributed by atoms with Crippen LogP contribution in [-0.2, 0) is 13.9 Å². The summed E-state index contributed by atoms with van der Waals surface area (Å²) in [6.07, 6.45) is 1.39. The number of hydrogen-bond acceptors (Lipinski definition) is 3. The lowest BCUT2D eigenvalue weighted by molar-refractivity contribution is 0.104. The second-order valence-corrected chi connectivity index (χ2v) is 5.25. The maximum absolute atomic E-state index is 5.46. The van der Waals surface area contributed by atoms with Crippen molar-refractivity contribution in [1.82, 2.24) is 0 Å². The van der Waals surface area contributed by atoms with Crippen LogP contribution in [0.2, 0.25) is 13.1 Å². The molecular weight excluding hydrogens is 172 g/mol. The van der Waals surface area contributed by atoms with Gasteiger partial charge in [-0.1, -0.05) is 0 Å². The first kappa shape index (κ1) is 10.2. The first-order chi connectivity index (χ1) is 5.79. The van der Waals surface area contributed by atoms with Crippen molar-refractivity contribution in [2.24, 2.45) is 0 Å². The first-order valence-corrected chi connectivity index (χ1v) is 6.82. The highest BCUT2D eigenvalue weighted by Gasteiger charge is 2.21. The van der Waals surface area contributed by atoms with Crippen molar-refractivity contribution in [1.29, 1.82) is 0 Å². The van der Waals surface area contributed by atoms with Gasteiger partial charge in [0, 0.05) is 13.2 Å². The first-order valence-electron chi connectivity index (χ1n) is 4.41. The smallest absolute Gasteiger partial charge is 0.204 e. The van der Waals surface area contributed by atoms with Crippen LogP contribution in [0.15, 0.2) is 0 Å². The Hall–Kier alpha value is 0.0969. The van der Waals surface area contributed by atoms with Crippen molar-refractivity contribution in [3.05, 3.63) is 0 Å². The van der Waals surface area contributed by atoms with Gasteiger partial charge in [-0.3, -0.25) is 0 Å². The predicted molar refractivity (Wildman–Crippen MR) is 48.6 cm³/mol. The lowest BCUT2D eigenvalue weighted by Gasteiger charge is -2.05. The molecule has 0 aromatic carbocycles. The molecule has 1 saturated heterocycles. The van der Waals surface area contributed by atoms with Crippen molar-refractivity contribution in [2.45, 2.75) is 25.6 Å². The van der Waals surface area contributed by atoms with E-state index in [1.54, 1.807) is 0 Å². The maximum atomic E-state index is 5.46. The summed E-state index contributed by atoms with van der Waals surface area (Å²) in [5, 5.41) is 0. The van der Waals surface area contributed by atoms with Crippen LogP contribution in [0.25, 0.3) is 0 Å². The summed E-state index contributed by atoms with van der Waals surface area (Å²) in [5.74, 6) is 0. The predicted octanol–water partition coefficient (Wildman–Crippen LogP) is 1.06. The highest BCUT2D eigenvalue weighted by Crippen LogP contribution is 2.08. The van der Waals surface area contributed by atoms with Gasteiger partial charge in [-0.2, -0.15) is 0 Å².